The van der Waals surface area contributed by atoms with Gasteiger partial charge in [-0.15, -0.1) is 0 Å². The van der Waals surface area contributed by atoms with E-state index in [1.807, 2.05) is 18.2 Å². The number of carboxylic acids is 1. The zero-order valence-electron chi connectivity index (χ0n) is 13.0. The number of aryl methyl sites for hydroxylation is 1. The van der Waals surface area contributed by atoms with E-state index in [0.29, 0.717) is 45.6 Å². The molecule has 1 amide bonds. The van der Waals surface area contributed by atoms with Gasteiger partial charge in [0.1, 0.15) is 13.2 Å². The van der Waals surface area contributed by atoms with Gasteiger partial charge in [-0.3, -0.25) is 9.59 Å². The number of carboxylic acid groups (broad SMARTS) is 1. The average molecular weight is 319 g/mol. The molecule has 3 rings (SSSR count). The van der Waals surface area contributed by atoms with Crippen LogP contribution in [-0.4, -0.2) is 48.2 Å². The number of aliphatic carboxylic acids is 1. The molecule has 6 heteroatoms. The van der Waals surface area contributed by atoms with Crippen LogP contribution in [0.3, 0.4) is 0 Å². The topological polar surface area (TPSA) is 76.1 Å². The first-order chi connectivity index (χ1) is 11.1. The summed E-state index contributed by atoms with van der Waals surface area (Å²) in [5, 5.41) is 9.09. The van der Waals surface area contributed by atoms with Gasteiger partial charge < -0.3 is 19.5 Å². The lowest BCUT2D eigenvalue weighted by Crippen LogP contribution is -2.42. The Hall–Kier alpha value is -2.24. The Morgan fingerprint density at radius 2 is 2.00 bits per heavy atom. The molecule has 0 unspecified atom stereocenters. The third-order valence-corrected chi connectivity index (χ3v) is 4.36. The van der Waals surface area contributed by atoms with Crippen LogP contribution in [0.2, 0.25) is 0 Å². The first kappa shape index (κ1) is 15.6. The van der Waals surface area contributed by atoms with Gasteiger partial charge in [0.05, 0.1) is 5.92 Å². The van der Waals surface area contributed by atoms with Gasteiger partial charge in [-0.05, 0) is 37.0 Å². The molecule has 1 aromatic rings. The van der Waals surface area contributed by atoms with Crippen molar-refractivity contribution in [1.82, 2.24) is 4.90 Å². The van der Waals surface area contributed by atoms with Crippen molar-refractivity contribution < 1.29 is 24.2 Å². The van der Waals surface area contributed by atoms with Gasteiger partial charge in [-0.1, -0.05) is 6.07 Å². The first-order valence-corrected chi connectivity index (χ1v) is 8.02. The molecule has 1 atom stereocenters. The minimum Gasteiger partial charge on any atom is -0.486 e. The number of likely N-dealkylation sites (tertiary alicyclic amines) is 1. The number of amides is 1. The van der Waals surface area contributed by atoms with Gasteiger partial charge in [-0.25, -0.2) is 0 Å². The van der Waals surface area contributed by atoms with Crippen molar-refractivity contribution in [2.45, 2.75) is 25.7 Å². The fourth-order valence-corrected chi connectivity index (χ4v) is 3.06. The molecule has 2 heterocycles. The summed E-state index contributed by atoms with van der Waals surface area (Å²) in [6.45, 7) is 2.09. The first-order valence-electron chi connectivity index (χ1n) is 8.02. The van der Waals surface area contributed by atoms with Crippen LogP contribution in [0.25, 0.3) is 0 Å². The van der Waals surface area contributed by atoms with E-state index in [1.54, 1.807) is 4.90 Å². The van der Waals surface area contributed by atoms with Crippen molar-refractivity contribution in [1.29, 1.82) is 0 Å². The maximum atomic E-state index is 12.3. The average Bonchev–Trinajstić information content (AvgIpc) is 2.59. The number of carbonyl (C=O) groups excluding carboxylic acids is 1. The van der Waals surface area contributed by atoms with Crippen molar-refractivity contribution in [3.05, 3.63) is 23.8 Å². The third-order valence-electron chi connectivity index (χ3n) is 4.36. The molecule has 0 aliphatic carbocycles. The van der Waals surface area contributed by atoms with Crippen molar-refractivity contribution in [3.63, 3.8) is 0 Å². The van der Waals surface area contributed by atoms with Crippen LogP contribution in [0.1, 0.15) is 24.8 Å². The normalized spacial score (nSPS) is 20.2. The minimum absolute atomic E-state index is 0.0193. The number of benzene rings is 1. The lowest BCUT2D eigenvalue weighted by atomic mass is 9.97. The Bertz CT molecular complexity index is 601. The molecule has 2 aliphatic rings. The van der Waals surface area contributed by atoms with Crippen LogP contribution in [0.15, 0.2) is 18.2 Å². The van der Waals surface area contributed by atoms with E-state index in [-0.39, 0.29) is 5.91 Å². The second-order valence-corrected chi connectivity index (χ2v) is 6.00. The van der Waals surface area contributed by atoms with Crippen LogP contribution in [-0.2, 0) is 16.0 Å². The number of ether oxygens (including phenoxy) is 2. The van der Waals surface area contributed by atoms with Crippen molar-refractivity contribution in [2.24, 2.45) is 5.92 Å². The summed E-state index contributed by atoms with van der Waals surface area (Å²) >= 11 is 0. The van der Waals surface area contributed by atoms with E-state index in [0.717, 1.165) is 23.5 Å². The van der Waals surface area contributed by atoms with E-state index < -0.39 is 11.9 Å². The number of hydrogen-bond acceptors (Lipinski definition) is 4. The Balaban J connectivity index is 1.55. The van der Waals surface area contributed by atoms with Crippen molar-refractivity contribution in [2.75, 3.05) is 26.3 Å². The molecule has 124 valence electrons. The maximum Gasteiger partial charge on any atom is 0.308 e. The minimum atomic E-state index is -0.811. The van der Waals surface area contributed by atoms with Gasteiger partial charge in [0.25, 0.3) is 0 Å². The predicted octanol–water partition coefficient (Wildman–Crippen LogP) is 1.71. The summed E-state index contributed by atoms with van der Waals surface area (Å²) in [4.78, 5) is 25.1. The lowest BCUT2D eigenvalue weighted by Gasteiger charge is -2.30. The van der Waals surface area contributed by atoms with Gasteiger partial charge in [0.2, 0.25) is 5.91 Å². The fourth-order valence-electron chi connectivity index (χ4n) is 3.06. The van der Waals surface area contributed by atoms with E-state index in [2.05, 4.69) is 0 Å². The number of carbonyl (C=O) groups is 2. The summed E-state index contributed by atoms with van der Waals surface area (Å²) in [6, 6.07) is 5.73. The van der Waals surface area contributed by atoms with Crippen molar-refractivity contribution in [3.8, 4) is 11.5 Å². The molecule has 1 N–H and O–H groups in total. The molecule has 1 saturated heterocycles. The number of nitrogens with zero attached hydrogens (tertiary/aromatic N) is 1. The van der Waals surface area contributed by atoms with E-state index in [9.17, 15) is 9.59 Å². The Morgan fingerprint density at radius 1 is 1.22 bits per heavy atom. The molecular formula is C17H21NO5. The maximum absolute atomic E-state index is 12.3. The van der Waals surface area contributed by atoms with Crippen LogP contribution in [0, 0.1) is 5.92 Å². The van der Waals surface area contributed by atoms with Gasteiger partial charge >= 0.3 is 5.97 Å². The summed E-state index contributed by atoms with van der Waals surface area (Å²) in [6.07, 6.45) is 2.41. The zero-order valence-corrected chi connectivity index (χ0v) is 13.0. The highest BCUT2D eigenvalue weighted by Gasteiger charge is 2.27. The van der Waals surface area contributed by atoms with Crippen LogP contribution in [0.5, 0.6) is 11.5 Å². The van der Waals surface area contributed by atoms with E-state index in [1.165, 1.54) is 0 Å². The zero-order chi connectivity index (χ0) is 16.2. The number of hydrogen-bond donors (Lipinski definition) is 1. The highest BCUT2D eigenvalue weighted by molar-refractivity contribution is 5.78. The molecule has 1 aromatic carbocycles. The molecule has 23 heavy (non-hydrogen) atoms. The standard InChI is InChI=1S/C17H21NO5/c19-16(18-7-1-2-13(11-18)17(20)21)6-4-12-3-5-14-15(10-12)23-9-8-22-14/h3,5,10,13H,1-2,4,6-9,11H2,(H,20,21)/t13-/m1/s1. The summed E-state index contributed by atoms with van der Waals surface area (Å²) in [7, 11) is 0. The van der Waals surface area contributed by atoms with Gasteiger partial charge in [-0.2, -0.15) is 0 Å². The van der Waals surface area contributed by atoms with E-state index >= 15 is 0 Å². The molecule has 0 spiro atoms. The summed E-state index contributed by atoms with van der Waals surface area (Å²) in [5.74, 6) is 0.249. The highest BCUT2D eigenvalue weighted by atomic mass is 16.6. The monoisotopic (exact) mass is 319 g/mol. The largest absolute Gasteiger partial charge is 0.486 e. The summed E-state index contributed by atoms with van der Waals surface area (Å²) < 4.78 is 11.0. The molecule has 0 bridgehead atoms. The number of piperidine rings is 1. The Morgan fingerprint density at radius 3 is 2.78 bits per heavy atom. The fraction of sp³-hybridized carbons (Fsp3) is 0.529. The summed E-state index contributed by atoms with van der Waals surface area (Å²) in [5.41, 5.74) is 1.02. The molecule has 0 aromatic heterocycles. The Labute approximate surface area is 135 Å². The van der Waals surface area contributed by atoms with Crippen LogP contribution < -0.4 is 9.47 Å². The highest BCUT2D eigenvalue weighted by Crippen LogP contribution is 2.31. The predicted molar refractivity (Wildman–Crippen MR) is 82.7 cm³/mol. The molecule has 1 fully saturated rings. The van der Waals surface area contributed by atoms with Gasteiger partial charge in [0, 0.05) is 19.5 Å². The molecule has 6 nitrogen and oxygen atoms in total. The Kier molecular flexibility index (Phi) is 4.69. The smallest absolute Gasteiger partial charge is 0.308 e. The molecular weight excluding hydrogens is 298 g/mol. The lowest BCUT2D eigenvalue weighted by molar-refractivity contribution is -0.145. The second-order valence-electron chi connectivity index (χ2n) is 6.00. The molecule has 2 aliphatic heterocycles. The SMILES string of the molecule is O=C(O)[C@@H]1CCCN(C(=O)CCc2ccc3c(c2)OCCO3)C1. The number of fused-ring (bicyclic) bond motifs is 1. The van der Waals surface area contributed by atoms with Gasteiger partial charge in [0.15, 0.2) is 11.5 Å². The quantitative estimate of drug-likeness (QED) is 0.914. The second kappa shape index (κ2) is 6.89. The van der Waals surface area contributed by atoms with E-state index in [4.69, 9.17) is 14.6 Å². The van der Waals surface area contributed by atoms with Crippen LogP contribution >= 0.6 is 0 Å². The molecule has 0 radical (unpaired) electrons. The van der Waals surface area contributed by atoms with Crippen molar-refractivity contribution >= 4 is 11.9 Å². The molecule has 0 saturated carbocycles. The number of rotatable bonds is 4. The van der Waals surface area contributed by atoms with Crippen LogP contribution in [0.4, 0.5) is 0 Å². The third kappa shape index (κ3) is 3.75.